The van der Waals surface area contributed by atoms with Crippen LogP contribution >= 0.6 is 0 Å². The van der Waals surface area contributed by atoms with Gasteiger partial charge in [0.25, 0.3) is 0 Å². The van der Waals surface area contributed by atoms with Gasteiger partial charge in [-0.25, -0.2) is 9.59 Å². The molecule has 236 valence electrons. The van der Waals surface area contributed by atoms with Crippen molar-refractivity contribution in [3.8, 4) is 11.1 Å². The summed E-state index contributed by atoms with van der Waals surface area (Å²) in [5.41, 5.74) is 4.05. The predicted molar refractivity (Wildman–Crippen MR) is 181 cm³/mol. The van der Waals surface area contributed by atoms with Gasteiger partial charge in [0.15, 0.2) is 0 Å². The van der Waals surface area contributed by atoms with Crippen LogP contribution in [0.3, 0.4) is 0 Å². The first-order valence-electron chi connectivity index (χ1n) is 15.7. The van der Waals surface area contributed by atoms with E-state index in [2.05, 4.69) is 10.6 Å². The van der Waals surface area contributed by atoms with Gasteiger partial charge in [0.1, 0.15) is 17.7 Å². The van der Waals surface area contributed by atoms with Crippen LogP contribution in [-0.2, 0) is 19.9 Å². The van der Waals surface area contributed by atoms with E-state index in [9.17, 15) is 19.5 Å². The lowest BCUT2D eigenvalue weighted by molar-refractivity contribution is -0.144. The maximum atomic E-state index is 13.8. The minimum absolute atomic E-state index is 0.0454. The number of hydrogen-bond acceptors (Lipinski definition) is 4. The first kappa shape index (κ1) is 31.3. The molecule has 5 aromatic carbocycles. The lowest BCUT2D eigenvalue weighted by Crippen LogP contribution is -2.54. The van der Waals surface area contributed by atoms with E-state index in [-0.39, 0.29) is 31.3 Å². The Bertz CT molecular complexity index is 1740. The van der Waals surface area contributed by atoms with Crippen molar-refractivity contribution in [3.63, 3.8) is 0 Å². The number of nitrogens with one attached hydrogen (secondary N) is 2. The van der Waals surface area contributed by atoms with Crippen LogP contribution in [0, 0.1) is 0 Å². The molecule has 0 spiro atoms. The topological polar surface area (TPSA) is 105 Å². The number of benzene rings is 5. The van der Waals surface area contributed by atoms with Crippen molar-refractivity contribution in [2.24, 2.45) is 0 Å². The number of fused-ring (bicyclic) bond motifs is 3. The van der Waals surface area contributed by atoms with E-state index < -0.39 is 23.1 Å². The van der Waals surface area contributed by atoms with E-state index in [1.807, 2.05) is 140 Å². The van der Waals surface area contributed by atoms with E-state index in [1.165, 1.54) is 6.92 Å². The van der Waals surface area contributed by atoms with Crippen LogP contribution in [0.4, 0.5) is 4.79 Å². The molecule has 0 heterocycles. The molecule has 0 aromatic heterocycles. The van der Waals surface area contributed by atoms with E-state index in [0.717, 1.165) is 38.9 Å². The van der Waals surface area contributed by atoms with Gasteiger partial charge in [0, 0.05) is 12.3 Å². The molecule has 1 aliphatic rings. The largest absolute Gasteiger partial charge is 0.480 e. The van der Waals surface area contributed by atoms with Crippen LogP contribution in [0.25, 0.3) is 11.1 Å². The summed E-state index contributed by atoms with van der Waals surface area (Å²) in [6.45, 7) is 1.44. The highest BCUT2D eigenvalue weighted by Crippen LogP contribution is 2.44. The summed E-state index contributed by atoms with van der Waals surface area (Å²) in [5, 5.41) is 16.0. The van der Waals surface area contributed by atoms with Crippen molar-refractivity contribution in [3.05, 3.63) is 167 Å². The zero-order valence-electron chi connectivity index (χ0n) is 26.1. The van der Waals surface area contributed by atoms with Gasteiger partial charge in [-0.3, -0.25) is 4.79 Å². The third-order valence-corrected chi connectivity index (χ3v) is 8.99. The average Bonchev–Trinajstić information content (AvgIpc) is 3.43. The van der Waals surface area contributed by atoms with Crippen LogP contribution in [0.5, 0.6) is 0 Å². The fraction of sp³-hybridized carbons (Fsp3) is 0.175. The van der Waals surface area contributed by atoms with Gasteiger partial charge in [0.05, 0.1) is 0 Å². The van der Waals surface area contributed by atoms with Crippen LogP contribution in [-0.4, -0.2) is 35.2 Å². The van der Waals surface area contributed by atoms with Crippen molar-refractivity contribution >= 4 is 18.0 Å². The number of ether oxygens (including phenoxy) is 1. The van der Waals surface area contributed by atoms with E-state index >= 15 is 0 Å². The average molecular weight is 625 g/mol. The van der Waals surface area contributed by atoms with Crippen LogP contribution in [0.1, 0.15) is 53.5 Å². The van der Waals surface area contributed by atoms with Gasteiger partial charge in [0.2, 0.25) is 5.91 Å². The molecule has 1 unspecified atom stereocenters. The maximum Gasteiger partial charge on any atom is 0.408 e. The number of hydrogen-bond donors (Lipinski definition) is 3. The van der Waals surface area contributed by atoms with Crippen molar-refractivity contribution in [1.82, 2.24) is 10.6 Å². The molecule has 47 heavy (non-hydrogen) atoms. The first-order chi connectivity index (χ1) is 22.8. The Morgan fingerprint density at radius 2 is 1.06 bits per heavy atom. The number of carboxylic acid groups (broad SMARTS) is 1. The van der Waals surface area contributed by atoms with Crippen molar-refractivity contribution < 1.29 is 24.2 Å². The van der Waals surface area contributed by atoms with E-state index in [1.54, 1.807) is 0 Å². The van der Waals surface area contributed by atoms with Crippen LogP contribution < -0.4 is 10.6 Å². The summed E-state index contributed by atoms with van der Waals surface area (Å²) in [4.78, 5) is 39.4. The molecule has 1 atom stereocenters. The maximum absolute atomic E-state index is 13.8. The summed E-state index contributed by atoms with van der Waals surface area (Å²) >= 11 is 0. The molecule has 0 saturated heterocycles. The molecule has 7 nitrogen and oxygen atoms in total. The van der Waals surface area contributed by atoms with Crippen molar-refractivity contribution in [1.29, 1.82) is 0 Å². The standard InChI is InChI=1S/C40H36N2O5/c1-39(37(44)45,42-38(46)47-27-35-33-23-13-11-21-31(33)32-22-12-14-24-34(32)35)26-25-36(43)41-40(28-15-5-2-6-16-28,29-17-7-3-8-18-29)30-19-9-4-10-20-30/h2-24,35H,25-27H2,1H3,(H,41,43)(H,42,46)(H,44,45). The Labute approximate surface area is 274 Å². The van der Waals surface area contributed by atoms with Gasteiger partial charge in [-0.1, -0.05) is 140 Å². The Hall–Kier alpha value is -5.69. The lowest BCUT2D eigenvalue weighted by atomic mass is 9.76. The monoisotopic (exact) mass is 624 g/mol. The van der Waals surface area contributed by atoms with Gasteiger partial charge in [-0.05, 0) is 52.3 Å². The Kier molecular flexibility index (Phi) is 8.89. The van der Waals surface area contributed by atoms with Crippen LogP contribution in [0.2, 0.25) is 0 Å². The number of aliphatic carboxylic acids is 1. The molecule has 0 radical (unpaired) electrons. The Morgan fingerprint density at radius 1 is 0.638 bits per heavy atom. The molecule has 0 bridgehead atoms. The molecular formula is C40H36N2O5. The Balaban J connectivity index is 1.18. The molecular weight excluding hydrogens is 588 g/mol. The molecule has 7 heteroatoms. The highest BCUT2D eigenvalue weighted by molar-refractivity contribution is 5.86. The molecule has 3 N–H and O–H groups in total. The number of carbonyl (C=O) groups excluding carboxylic acids is 2. The molecule has 0 aliphatic heterocycles. The van der Waals surface area contributed by atoms with Gasteiger partial charge < -0.3 is 20.5 Å². The SMILES string of the molecule is CC(CCC(=O)NC(c1ccccc1)(c1ccccc1)c1ccccc1)(NC(=O)OCC1c2ccccc2-c2ccccc21)C(=O)O. The molecule has 5 aromatic rings. The summed E-state index contributed by atoms with van der Waals surface area (Å²) < 4.78 is 5.63. The molecule has 0 fully saturated rings. The van der Waals surface area contributed by atoms with Crippen molar-refractivity contribution in [2.45, 2.75) is 36.8 Å². The summed E-state index contributed by atoms with van der Waals surface area (Å²) in [6.07, 6.45) is -1.18. The van der Waals surface area contributed by atoms with Crippen molar-refractivity contribution in [2.75, 3.05) is 6.61 Å². The number of amides is 2. The van der Waals surface area contributed by atoms with Crippen LogP contribution in [0.15, 0.2) is 140 Å². The second-order valence-corrected chi connectivity index (χ2v) is 12.0. The van der Waals surface area contributed by atoms with E-state index in [0.29, 0.717) is 0 Å². The Morgan fingerprint density at radius 3 is 1.51 bits per heavy atom. The quantitative estimate of drug-likeness (QED) is 0.134. The fourth-order valence-corrected chi connectivity index (χ4v) is 6.50. The summed E-state index contributed by atoms with van der Waals surface area (Å²) in [6, 6.07) is 45.0. The van der Waals surface area contributed by atoms with Gasteiger partial charge >= 0.3 is 12.1 Å². The summed E-state index contributed by atoms with van der Waals surface area (Å²) in [5.74, 6) is -1.81. The zero-order chi connectivity index (χ0) is 32.9. The highest BCUT2D eigenvalue weighted by Gasteiger charge is 2.40. The zero-order valence-corrected chi connectivity index (χ0v) is 26.1. The molecule has 1 aliphatic carbocycles. The lowest BCUT2D eigenvalue weighted by Gasteiger charge is -2.37. The smallest absolute Gasteiger partial charge is 0.408 e. The highest BCUT2D eigenvalue weighted by atomic mass is 16.5. The van der Waals surface area contributed by atoms with E-state index in [4.69, 9.17) is 4.74 Å². The van der Waals surface area contributed by atoms with Gasteiger partial charge in [-0.2, -0.15) is 0 Å². The number of carboxylic acids is 1. The summed E-state index contributed by atoms with van der Waals surface area (Å²) in [7, 11) is 0. The number of carbonyl (C=O) groups is 3. The molecule has 6 rings (SSSR count). The molecule has 2 amide bonds. The third kappa shape index (κ3) is 6.25. The first-order valence-corrected chi connectivity index (χ1v) is 15.7. The number of alkyl carbamates (subject to hydrolysis) is 1. The normalized spacial score (nSPS) is 13.5. The predicted octanol–water partition coefficient (Wildman–Crippen LogP) is 7.26. The minimum Gasteiger partial charge on any atom is -0.480 e. The van der Waals surface area contributed by atoms with Gasteiger partial charge in [-0.15, -0.1) is 0 Å². The molecule has 0 saturated carbocycles. The number of rotatable bonds is 11. The second kappa shape index (κ2) is 13.3. The third-order valence-electron chi connectivity index (χ3n) is 8.99. The minimum atomic E-state index is -1.76. The fourth-order valence-electron chi connectivity index (χ4n) is 6.50. The second-order valence-electron chi connectivity index (χ2n) is 12.0.